The highest BCUT2D eigenvalue weighted by atomic mass is 16.5. The Bertz CT molecular complexity index is 1130. The van der Waals surface area contributed by atoms with Gasteiger partial charge in [-0.05, 0) is 42.2 Å². The third-order valence-electron chi connectivity index (χ3n) is 4.80. The Morgan fingerprint density at radius 1 is 1.07 bits per heavy atom. The van der Waals surface area contributed by atoms with Crippen LogP contribution < -0.4 is 15.0 Å². The molecule has 0 atom stereocenters. The topological polar surface area (TPSA) is 79.7 Å². The monoisotopic (exact) mass is 410 g/mol. The maximum atomic E-state index is 12.9. The van der Waals surface area contributed by atoms with Gasteiger partial charge in [-0.1, -0.05) is 32.0 Å². The fourth-order valence-electron chi connectivity index (χ4n) is 3.25. The average Bonchev–Trinajstić information content (AvgIpc) is 2.74. The Hall–Kier alpha value is -3.35. The van der Waals surface area contributed by atoms with Crippen molar-refractivity contribution in [2.45, 2.75) is 33.9 Å². The van der Waals surface area contributed by atoms with Crippen LogP contribution in [-0.2, 0) is 17.9 Å². The zero-order valence-corrected chi connectivity index (χ0v) is 17.9. The third-order valence-corrected chi connectivity index (χ3v) is 4.80. The molecule has 0 radical (unpaired) electrons. The van der Waals surface area contributed by atoms with Gasteiger partial charge in [0, 0.05) is 11.9 Å². The van der Waals surface area contributed by atoms with E-state index in [1.165, 1.54) is 4.68 Å². The molecular formula is C23H26N2O5. The van der Waals surface area contributed by atoms with Crippen molar-refractivity contribution < 1.29 is 19.0 Å². The second kappa shape index (κ2) is 8.98. The quantitative estimate of drug-likeness (QED) is 0.552. The first kappa shape index (κ1) is 21.4. The van der Waals surface area contributed by atoms with E-state index in [0.717, 1.165) is 11.1 Å². The Morgan fingerprint density at radius 3 is 2.33 bits per heavy atom. The van der Waals surface area contributed by atoms with Crippen molar-refractivity contribution >= 4 is 16.7 Å². The van der Waals surface area contributed by atoms with E-state index in [0.29, 0.717) is 28.8 Å². The van der Waals surface area contributed by atoms with Crippen molar-refractivity contribution in [2.24, 2.45) is 5.92 Å². The summed E-state index contributed by atoms with van der Waals surface area (Å²) in [6.45, 7) is 6.34. The second-order valence-corrected chi connectivity index (χ2v) is 7.49. The number of hydrogen-bond acceptors (Lipinski definition) is 6. The zero-order valence-electron chi connectivity index (χ0n) is 17.9. The summed E-state index contributed by atoms with van der Waals surface area (Å²) in [4.78, 5) is 25.6. The van der Waals surface area contributed by atoms with Gasteiger partial charge in [-0.3, -0.25) is 4.79 Å². The van der Waals surface area contributed by atoms with Crippen LogP contribution in [0.2, 0.25) is 0 Å². The van der Waals surface area contributed by atoms with E-state index in [1.54, 1.807) is 44.6 Å². The molecule has 0 N–H and O–H groups in total. The first-order chi connectivity index (χ1) is 14.3. The van der Waals surface area contributed by atoms with Crippen molar-refractivity contribution in [3.05, 3.63) is 63.6 Å². The molecule has 158 valence electrons. The summed E-state index contributed by atoms with van der Waals surface area (Å²) in [5, 5.41) is 5.25. The van der Waals surface area contributed by atoms with Crippen molar-refractivity contribution in [3.8, 4) is 11.5 Å². The van der Waals surface area contributed by atoms with Gasteiger partial charge in [0.2, 0.25) is 0 Å². The Labute approximate surface area is 175 Å². The fraction of sp³-hybridized carbons (Fsp3) is 0.348. The van der Waals surface area contributed by atoms with Crippen LogP contribution in [-0.4, -0.2) is 30.0 Å². The van der Waals surface area contributed by atoms with Crippen LogP contribution >= 0.6 is 0 Å². The van der Waals surface area contributed by atoms with E-state index in [4.69, 9.17) is 14.2 Å². The van der Waals surface area contributed by atoms with Crippen LogP contribution in [0.15, 0.2) is 41.2 Å². The second-order valence-electron chi connectivity index (χ2n) is 7.49. The summed E-state index contributed by atoms with van der Waals surface area (Å²) in [5.41, 5.74) is 1.61. The minimum Gasteiger partial charge on any atom is -0.493 e. The van der Waals surface area contributed by atoms with Crippen LogP contribution in [0.1, 0.15) is 35.5 Å². The molecule has 1 aromatic heterocycles. The number of ether oxygens (including phenoxy) is 3. The molecule has 7 heteroatoms. The van der Waals surface area contributed by atoms with Crippen LogP contribution in [0.3, 0.4) is 0 Å². The van der Waals surface area contributed by atoms with Gasteiger partial charge in [-0.2, -0.15) is 5.10 Å². The largest absolute Gasteiger partial charge is 0.493 e. The highest BCUT2D eigenvalue weighted by Gasteiger charge is 2.19. The first-order valence-electron chi connectivity index (χ1n) is 9.74. The van der Waals surface area contributed by atoms with Gasteiger partial charge < -0.3 is 14.2 Å². The summed E-state index contributed by atoms with van der Waals surface area (Å²) < 4.78 is 17.5. The van der Waals surface area contributed by atoms with Gasteiger partial charge in [0.15, 0.2) is 17.2 Å². The van der Waals surface area contributed by atoms with E-state index in [2.05, 4.69) is 5.10 Å². The molecule has 7 nitrogen and oxygen atoms in total. The maximum Gasteiger partial charge on any atom is 0.359 e. The van der Waals surface area contributed by atoms with Gasteiger partial charge in [-0.25, -0.2) is 9.48 Å². The Morgan fingerprint density at radius 2 is 1.70 bits per heavy atom. The number of esters is 1. The molecule has 0 fully saturated rings. The number of carbonyl (C=O) groups is 1. The minimum absolute atomic E-state index is 0.0460. The number of rotatable bonds is 7. The number of nitrogens with zero attached hydrogens (tertiary/aromatic N) is 2. The molecule has 2 aromatic carbocycles. The number of carbonyl (C=O) groups excluding carboxylic acids is 1. The van der Waals surface area contributed by atoms with Crippen LogP contribution in [0, 0.1) is 12.8 Å². The lowest BCUT2D eigenvalue weighted by Gasteiger charge is -2.14. The average molecular weight is 410 g/mol. The van der Waals surface area contributed by atoms with Crippen LogP contribution in [0.4, 0.5) is 0 Å². The van der Waals surface area contributed by atoms with Crippen molar-refractivity contribution in [1.29, 1.82) is 0 Å². The molecule has 0 unspecified atom stereocenters. The summed E-state index contributed by atoms with van der Waals surface area (Å²) in [7, 11) is 3.12. The molecule has 0 bridgehead atoms. The molecule has 3 rings (SSSR count). The van der Waals surface area contributed by atoms with E-state index in [9.17, 15) is 9.59 Å². The molecule has 0 saturated carbocycles. The molecule has 0 aliphatic rings. The summed E-state index contributed by atoms with van der Waals surface area (Å²) >= 11 is 0. The van der Waals surface area contributed by atoms with Crippen LogP contribution in [0.5, 0.6) is 11.5 Å². The predicted molar refractivity (Wildman–Crippen MR) is 114 cm³/mol. The molecule has 0 aliphatic heterocycles. The molecule has 30 heavy (non-hydrogen) atoms. The van der Waals surface area contributed by atoms with E-state index in [-0.39, 0.29) is 23.8 Å². The highest BCUT2D eigenvalue weighted by Crippen LogP contribution is 2.30. The lowest BCUT2D eigenvalue weighted by Crippen LogP contribution is -2.28. The number of fused-ring (bicyclic) bond motifs is 1. The fourth-order valence-corrected chi connectivity index (χ4v) is 3.25. The normalized spacial score (nSPS) is 11.0. The molecule has 3 aromatic rings. The summed E-state index contributed by atoms with van der Waals surface area (Å²) in [6.07, 6.45) is 0. The van der Waals surface area contributed by atoms with Gasteiger partial charge in [0.1, 0.15) is 6.61 Å². The standard InChI is InChI=1S/C23H26N2O5/c1-14(2)12-25-22(26)18-9-7-6-8-17(18)21(24-25)23(27)30-13-16-11-20(29-5)19(28-4)10-15(16)3/h6-11,14H,12-13H2,1-5H3. The smallest absolute Gasteiger partial charge is 0.359 e. The van der Waals surface area contributed by atoms with Gasteiger partial charge >= 0.3 is 5.97 Å². The molecule has 0 aliphatic carbocycles. The molecule has 1 heterocycles. The molecule has 0 saturated heterocycles. The predicted octanol–water partition coefficient (Wildman–Crippen LogP) is 3.74. The summed E-state index contributed by atoms with van der Waals surface area (Å²) in [6, 6.07) is 10.6. The van der Waals surface area contributed by atoms with Crippen molar-refractivity contribution in [3.63, 3.8) is 0 Å². The zero-order chi connectivity index (χ0) is 21.8. The van der Waals surface area contributed by atoms with Gasteiger partial charge in [0.05, 0.1) is 19.6 Å². The number of aromatic nitrogens is 2. The lowest BCUT2D eigenvalue weighted by molar-refractivity contribution is 0.0464. The van der Waals surface area contributed by atoms with E-state index < -0.39 is 5.97 Å². The lowest BCUT2D eigenvalue weighted by atomic mass is 10.1. The van der Waals surface area contributed by atoms with Gasteiger partial charge in [-0.15, -0.1) is 0 Å². The molecule has 0 spiro atoms. The molecule has 0 amide bonds. The Balaban J connectivity index is 1.94. The third kappa shape index (κ3) is 4.30. The van der Waals surface area contributed by atoms with Crippen molar-refractivity contribution in [1.82, 2.24) is 9.78 Å². The van der Waals surface area contributed by atoms with E-state index in [1.807, 2.05) is 26.8 Å². The highest BCUT2D eigenvalue weighted by molar-refractivity contribution is 6.02. The number of aryl methyl sites for hydroxylation is 1. The number of hydrogen-bond donors (Lipinski definition) is 0. The van der Waals surface area contributed by atoms with E-state index >= 15 is 0 Å². The van der Waals surface area contributed by atoms with Crippen molar-refractivity contribution in [2.75, 3.05) is 14.2 Å². The molecular weight excluding hydrogens is 384 g/mol. The van der Waals surface area contributed by atoms with Crippen LogP contribution in [0.25, 0.3) is 10.8 Å². The minimum atomic E-state index is -0.585. The Kier molecular flexibility index (Phi) is 6.40. The maximum absolute atomic E-state index is 12.9. The number of methoxy groups -OCH3 is 2. The van der Waals surface area contributed by atoms with Gasteiger partial charge in [0.25, 0.3) is 5.56 Å². The summed E-state index contributed by atoms with van der Waals surface area (Å²) in [5.74, 6) is 0.786. The first-order valence-corrected chi connectivity index (χ1v) is 9.74. The number of benzene rings is 2. The SMILES string of the molecule is COc1cc(C)c(COC(=O)c2nn(CC(C)C)c(=O)c3ccccc23)cc1OC.